The van der Waals surface area contributed by atoms with Gasteiger partial charge in [0, 0.05) is 28.8 Å². The lowest BCUT2D eigenvalue weighted by molar-refractivity contribution is -0.132. The van der Waals surface area contributed by atoms with E-state index >= 15 is 0 Å². The molecule has 0 spiro atoms. The molecule has 4 aromatic rings. The minimum absolute atomic E-state index is 0.0376. The first-order valence-electron chi connectivity index (χ1n) is 11.6. The van der Waals surface area contributed by atoms with Crippen LogP contribution in [0.25, 0.3) is 17.1 Å². The van der Waals surface area contributed by atoms with Gasteiger partial charge in [-0.2, -0.15) is 5.10 Å². The van der Waals surface area contributed by atoms with E-state index in [1.165, 1.54) is 39.1 Å². The van der Waals surface area contributed by atoms with Crippen molar-refractivity contribution in [1.29, 1.82) is 0 Å². The second kappa shape index (κ2) is 12.9. The lowest BCUT2D eigenvalue weighted by Gasteiger charge is -2.13. The van der Waals surface area contributed by atoms with E-state index in [0.29, 0.717) is 21.6 Å². The first-order valence-corrected chi connectivity index (χ1v) is 12.9. The molecule has 0 saturated heterocycles. The maximum Gasteiger partial charge on any atom is 0.308 e. The standard InChI is InChI=1S/C27H24ClN5O5S/c1-17(34)38-25-22(36-2)13-18(14-23(25)37-3)15-29-30-24(35)16-39-27-32-31-26(19-7-5-4-6-8-19)33(27)21-11-9-20(28)10-12-21/h4-15H,16H2,1-3H3,(H,30,35)/b29-15-. The van der Waals surface area contributed by atoms with Crippen LogP contribution >= 0.6 is 23.4 Å². The first-order chi connectivity index (χ1) is 18.9. The Morgan fingerprint density at radius 3 is 2.31 bits per heavy atom. The Morgan fingerprint density at radius 1 is 1.03 bits per heavy atom. The van der Waals surface area contributed by atoms with Crippen molar-refractivity contribution in [3.63, 3.8) is 0 Å². The molecule has 0 unspecified atom stereocenters. The zero-order chi connectivity index (χ0) is 27.8. The average molecular weight is 566 g/mol. The monoisotopic (exact) mass is 565 g/mol. The number of carbonyl (C=O) groups is 2. The van der Waals surface area contributed by atoms with Crippen LogP contribution in [0, 0.1) is 0 Å². The summed E-state index contributed by atoms with van der Waals surface area (Å²) < 4.78 is 17.7. The summed E-state index contributed by atoms with van der Waals surface area (Å²) in [6.45, 7) is 1.28. The van der Waals surface area contributed by atoms with E-state index in [-0.39, 0.29) is 28.9 Å². The normalized spacial score (nSPS) is 10.9. The zero-order valence-electron chi connectivity index (χ0n) is 21.3. The number of rotatable bonds is 10. The van der Waals surface area contributed by atoms with Crippen molar-refractivity contribution in [3.05, 3.63) is 77.3 Å². The van der Waals surface area contributed by atoms with Crippen molar-refractivity contribution in [2.45, 2.75) is 12.1 Å². The number of hydrazone groups is 1. The van der Waals surface area contributed by atoms with Gasteiger partial charge in [0.05, 0.1) is 26.2 Å². The Morgan fingerprint density at radius 2 is 1.69 bits per heavy atom. The fourth-order valence-electron chi connectivity index (χ4n) is 3.52. The Balaban J connectivity index is 1.47. The van der Waals surface area contributed by atoms with E-state index < -0.39 is 5.97 Å². The zero-order valence-corrected chi connectivity index (χ0v) is 22.8. The van der Waals surface area contributed by atoms with Crippen LogP contribution in [0.4, 0.5) is 0 Å². The molecule has 39 heavy (non-hydrogen) atoms. The number of hydrogen-bond acceptors (Lipinski definition) is 9. The number of hydrogen-bond donors (Lipinski definition) is 1. The van der Waals surface area contributed by atoms with Crippen LogP contribution < -0.4 is 19.6 Å². The van der Waals surface area contributed by atoms with Crippen LogP contribution in [0.2, 0.25) is 5.02 Å². The molecule has 0 fully saturated rings. The molecule has 1 heterocycles. The van der Waals surface area contributed by atoms with Gasteiger partial charge in [0.25, 0.3) is 5.91 Å². The van der Waals surface area contributed by atoms with Crippen LogP contribution in [0.1, 0.15) is 12.5 Å². The lowest BCUT2D eigenvalue weighted by Crippen LogP contribution is -2.20. The Hall–Kier alpha value is -4.35. The third kappa shape index (κ3) is 6.95. The van der Waals surface area contributed by atoms with Gasteiger partial charge in [-0.1, -0.05) is 53.7 Å². The van der Waals surface area contributed by atoms with Gasteiger partial charge in [0.2, 0.25) is 5.75 Å². The molecule has 3 aromatic carbocycles. The molecular weight excluding hydrogens is 542 g/mol. The second-order valence-corrected chi connectivity index (χ2v) is 9.29. The lowest BCUT2D eigenvalue weighted by atomic mass is 10.2. The predicted molar refractivity (Wildman–Crippen MR) is 149 cm³/mol. The van der Waals surface area contributed by atoms with Crippen molar-refractivity contribution >= 4 is 41.5 Å². The van der Waals surface area contributed by atoms with Crippen molar-refractivity contribution < 1.29 is 23.8 Å². The minimum Gasteiger partial charge on any atom is -0.493 e. The maximum atomic E-state index is 12.6. The van der Waals surface area contributed by atoms with Crippen LogP contribution in [-0.2, 0) is 9.59 Å². The van der Waals surface area contributed by atoms with Gasteiger partial charge in [0.15, 0.2) is 22.5 Å². The third-order valence-corrected chi connectivity index (χ3v) is 6.40. The SMILES string of the molecule is COc1cc(/C=N\NC(=O)CSc2nnc(-c3ccccc3)n2-c2ccc(Cl)cc2)cc(OC)c1OC(C)=O. The summed E-state index contributed by atoms with van der Waals surface area (Å²) in [6, 6.07) is 20.1. The number of thioether (sulfide) groups is 1. The molecule has 0 aliphatic rings. The molecule has 0 radical (unpaired) electrons. The highest BCUT2D eigenvalue weighted by molar-refractivity contribution is 7.99. The number of nitrogens with one attached hydrogen (secondary N) is 1. The van der Waals surface area contributed by atoms with Gasteiger partial charge >= 0.3 is 5.97 Å². The Labute approximate surface area is 233 Å². The number of esters is 1. The number of amides is 1. The van der Waals surface area contributed by atoms with E-state index in [2.05, 4.69) is 20.7 Å². The van der Waals surface area contributed by atoms with E-state index in [1.54, 1.807) is 24.3 Å². The van der Waals surface area contributed by atoms with E-state index in [9.17, 15) is 9.59 Å². The molecule has 0 aliphatic carbocycles. The van der Waals surface area contributed by atoms with Gasteiger partial charge in [-0.05, 0) is 36.4 Å². The molecule has 200 valence electrons. The molecule has 4 rings (SSSR count). The molecule has 0 saturated carbocycles. The molecule has 0 aliphatic heterocycles. The number of ether oxygens (including phenoxy) is 3. The van der Waals surface area contributed by atoms with Crippen LogP contribution in [-0.4, -0.2) is 52.8 Å². The molecular formula is C27H24ClN5O5S. The largest absolute Gasteiger partial charge is 0.493 e. The number of carbonyl (C=O) groups excluding carboxylic acids is 2. The molecule has 1 amide bonds. The van der Waals surface area contributed by atoms with Gasteiger partial charge < -0.3 is 14.2 Å². The summed E-state index contributed by atoms with van der Waals surface area (Å²) in [5.74, 6) is 0.533. The Bertz CT molecular complexity index is 1470. The Kier molecular flexibility index (Phi) is 9.18. The first kappa shape index (κ1) is 27.7. The van der Waals surface area contributed by atoms with Gasteiger partial charge in [-0.3, -0.25) is 14.2 Å². The summed E-state index contributed by atoms with van der Waals surface area (Å²) in [7, 11) is 2.88. The van der Waals surface area contributed by atoms with E-state index in [1.807, 2.05) is 47.0 Å². The molecule has 10 nitrogen and oxygen atoms in total. The van der Waals surface area contributed by atoms with Crippen molar-refractivity contribution in [2.24, 2.45) is 5.10 Å². The molecule has 1 N–H and O–H groups in total. The smallest absolute Gasteiger partial charge is 0.308 e. The summed E-state index contributed by atoms with van der Waals surface area (Å²) in [6.07, 6.45) is 1.43. The third-order valence-electron chi connectivity index (χ3n) is 5.21. The highest BCUT2D eigenvalue weighted by Crippen LogP contribution is 2.38. The minimum atomic E-state index is -0.513. The van der Waals surface area contributed by atoms with Gasteiger partial charge in [0.1, 0.15) is 0 Å². The van der Waals surface area contributed by atoms with Crippen molar-refractivity contribution in [1.82, 2.24) is 20.2 Å². The quantitative estimate of drug-likeness (QED) is 0.0960. The topological polar surface area (TPSA) is 117 Å². The fraction of sp³-hybridized carbons (Fsp3) is 0.148. The fourth-order valence-corrected chi connectivity index (χ4v) is 4.39. The molecule has 0 atom stereocenters. The van der Waals surface area contributed by atoms with E-state index in [0.717, 1.165) is 11.3 Å². The molecule has 12 heteroatoms. The molecule has 1 aromatic heterocycles. The summed E-state index contributed by atoms with van der Waals surface area (Å²) in [5, 5.41) is 13.8. The predicted octanol–water partition coefficient (Wildman–Crippen LogP) is 4.77. The van der Waals surface area contributed by atoms with Crippen LogP contribution in [0.3, 0.4) is 0 Å². The van der Waals surface area contributed by atoms with Crippen molar-refractivity contribution in [2.75, 3.05) is 20.0 Å². The van der Waals surface area contributed by atoms with Crippen LogP contribution in [0.15, 0.2) is 77.0 Å². The summed E-state index contributed by atoms with van der Waals surface area (Å²) in [5.41, 5.74) is 4.74. The highest BCUT2D eigenvalue weighted by Gasteiger charge is 2.18. The average Bonchev–Trinajstić information content (AvgIpc) is 3.37. The number of aromatic nitrogens is 3. The maximum absolute atomic E-state index is 12.6. The number of benzene rings is 3. The summed E-state index contributed by atoms with van der Waals surface area (Å²) in [4.78, 5) is 24.0. The van der Waals surface area contributed by atoms with Crippen molar-refractivity contribution in [3.8, 4) is 34.3 Å². The van der Waals surface area contributed by atoms with Gasteiger partial charge in [-0.15, -0.1) is 10.2 Å². The van der Waals surface area contributed by atoms with Gasteiger partial charge in [-0.25, -0.2) is 5.43 Å². The van der Waals surface area contributed by atoms with Crippen LogP contribution in [0.5, 0.6) is 17.2 Å². The summed E-state index contributed by atoms with van der Waals surface area (Å²) >= 11 is 7.30. The number of methoxy groups -OCH3 is 2. The number of halogens is 1. The van der Waals surface area contributed by atoms with E-state index in [4.69, 9.17) is 25.8 Å². The molecule has 0 bridgehead atoms. The number of nitrogens with zero attached hydrogens (tertiary/aromatic N) is 4. The highest BCUT2D eigenvalue weighted by atomic mass is 35.5. The second-order valence-electron chi connectivity index (χ2n) is 7.91.